The van der Waals surface area contributed by atoms with Crippen molar-refractivity contribution in [3.63, 3.8) is 0 Å². The van der Waals surface area contributed by atoms with Crippen molar-refractivity contribution in [3.05, 3.63) is 111 Å². The van der Waals surface area contributed by atoms with Crippen molar-refractivity contribution in [3.8, 4) is 17.6 Å². The summed E-state index contributed by atoms with van der Waals surface area (Å²) in [5.41, 5.74) is 7.09. The number of nitrogens with one attached hydrogen (secondary N) is 1. The zero-order chi connectivity index (χ0) is 39.0. The predicted molar refractivity (Wildman–Crippen MR) is 211 cm³/mol. The van der Waals surface area contributed by atoms with Crippen molar-refractivity contribution in [1.82, 2.24) is 9.97 Å². The molecule has 11 heteroatoms. The number of unbranched alkanes of at least 4 members (excludes halogenated alkanes) is 1. The molecule has 282 valence electrons. The van der Waals surface area contributed by atoms with Crippen molar-refractivity contribution in [2.45, 2.75) is 85.2 Å². The van der Waals surface area contributed by atoms with Crippen molar-refractivity contribution >= 4 is 40.5 Å². The Morgan fingerprint density at radius 1 is 1.02 bits per heavy atom. The van der Waals surface area contributed by atoms with Crippen LogP contribution in [0.2, 0.25) is 5.02 Å². The van der Waals surface area contributed by atoms with Gasteiger partial charge >= 0.3 is 0 Å². The van der Waals surface area contributed by atoms with Gasteiger partial charge in [-0.3, -0.25) is 14.8 Å². The number of ether oxygens (including phenoxy) is 2. The van der Waals surface area contributed by atoms with Gasteiger partial charge in [0.2, 0.25) is 11.9 Å². The number of Topliss-reactive ketones (excluding diaryl/α,β-unsaturated/α-hetero) is 1. The van der Waals surface area contributed by atoms with Gasteiger partial charge in [-0.15, -0.1) is 0 Å². The lowest BCUT2D eigenvalue weighted by atomic mass is 9.77. The fourth-order valence-electron chi connectivity index (χ4n) is 6.26. The van der Waals surface area contributed by atoms with Crippen LogP contribution in [-0.4, -0.2) is 40.5 Å². The molecule has 0 saturated heterocycles. The molecule has 2 N–H and O–H groups in total. The second kappa shape index (κ2) is 17.7. The number of amides is 1. The van der Waals surface area contributed by atoms with Crippen LogP contribution in [0, 0.1) is 17.2 Å². The van der Waals surface area contributed by atoms with Gasteiger partial charge in [-0.1, -0.05) is 57.0 Å². The van der Waals surface area contributed by atoms with Crippen LogP contribution in [-0.2, 0) is 16.8 Å². The van der Waals surface area contributed by atoms with E-state index in [0.29, 0.717) is 64.9 Å². The number of allylic oxidation sites excluding steroid dienone is 2. The molecule has 0 aliphatic heterocycles. The molecule has 0 unspecified atom stereocenters. The van der Waals surface area contributed by atoms with E-state index in [4.69, 9.17) is 21.1 Å². The molecule has 0 radical (unpaired) electrons. The molecule has 3 aromatic carbocycles. The maximum absolute atomic E-state index is 12.9. The summed E-state index contributed by atoms with van der Waals surface area (Å²) >= 11 is 6.72. The fourth-order valence-corrected chi connectivity index (χ4v) is 6.53. The van der Waals surface area contributed by atoms with E-state index in [1.807, 2.05) is 56.3 Å². The Morgan fingerprint density at radius 3 is 2.41 bits per heavy atom. The number of nitriles is 1. The van der Waals surface area contributed by atoms with Crippen molar-refractivity contribution in [1.29, 1.82) is 5.26 Å². The first-order valence-electron chi connectivity index (χ1n) is 18.3. The summed E-state index contributed by atoms with van der Waals surface area (Å²) in [5.74, 6) is 1.03. The highest BCUT2D eigenvalue weighted by molar-refractivity contribution is 6.32. The molecular formula is C43H48ClN5O5. The summed E-state index contributed by atoms with van der Waals surface area (Å²) in [6.07, 6.45) is 6.29. The third-order valence-electron chi connectivity index (χ3n) is 9.87. The van der Waals surface area contributed by atoms with Gasteiger partial charge in [0.1, 0.15) is 18.4 Å². The van der Waals surface area contributed by atoms with Crippen LogP contribution in [0.15, 0.2) is 72.4 Å². The number of hydrogen-bond donors (Lipinski definition) is 2. The number of rotatable bonds is 16. The number of benzene rings is 3. The van der Waals surface area contributed by atoms with E-state index in [-0.39, 0.29) is 30.2 Å². The number of carbonyl (C=O) groups excluding carboxylic acids is 2. The van der Waals surface area contributed by atoms with Gasteiger partial charge in [0, 0.05) is 42.2 Å². The third-order valence-corrected chi connectivity index (χ3v) is 10.1. The molecule has 1 aliphatic carbocycles. The van der Waals surface area contributed by atoms with E-state index in [9.17, 15) is 20.1 Å². The molecule has 0 atom stereocenters. The quantitative estimate of drug-likeness (QED) is 0.0651. The largest absolute Gasteiger partial charge is 0.491 e. The minimum Gasteiger partial charge on any atom is -0.491 e. The number of hydrogen-bond acceptors (Lipinski definition) is 9. The molecule has 0 bridgehead atoms. The van der Waals surface area contributed by atoms with Gasteiger partial charge in [-0.05, 0) is 110 Å². The molecule has 5 rings (SSSR count). The Labute approximate surface area is 322 Å². The van der Waals surface area contributed by atoms with Crippen LogP contribution in [0.3, 0.4) is 0 Å². The Morgan fingerprint density at radius 2 is 1.76 bits per heavy atom. The van der Waals surface area contributed by atoms with Gasteiger partial charge in [0.25, 0.3) is 0 Å². The number of nitrogens with zero attached hydrogens (tertiary/aromatic N) is 4. The molecule has 10 nitrogen and oxygen atoms in total. The zero-order valence-corrected chi connectivity index (χ0v) is 32.6. The number of carbonyl (C=O) groups is 2. The van der Waals surface area contributed by atoms with Gasteiger partial charge in [0.15, 0.2) is 11.5 Å². The van der Waals surface area contributed by atoms with Crippen LogP contribution in [0.4, 0.5) is 11.6 Å². The molecule has 1 fully saturated rings. The smallest absolute Gasteiger partial charge is 0.249 e. The van der Waals surface area contributed by atoms with Crippen molar-refractivity contribution in [2.75, 3.05) is 24.0 Å². The first kappa shape index (κ1) is 40.0. The van der Waals surface area contributed by atoms with Crippen molar-refractivity contribution < 1.29 is 24.3 Å². The first-order valence-corrected chi connectivity index (χ1v) is 18.7. The molecule has 4 aromatic rings. The molecular weight excluding hydrogens is 702 g/mol. The standard InChI is InChI=1S/C43H48ClN5O5/c1-27(2)40(51)36-18-15-33(24-37(36)28(3)29-10-9-11-29)47-39(50)12-7-8-21-53-41-30(25-45)22-32(23-38(41)44)43(4,5)31-13-16-35(17-14-31)54-26-34-19-20-46-42(48-34)49(6)52/h13-20,22-24,27,52H,7-12,21,26H2,1-6H3,(H,47,50). The fraction of sp³-hybridized carbons (Fsp3) is 0.372. The van der Waals surface area contributed by atoms with Gasteiger partial charge in [-0.25, -0.2) is 15.0 Å². The normalized spacial score (nSPS) is 12.5. The lowest BCUT2D eigenvalue weighted by Gasteiger charge is -2.27. The molecule has 54 heavy (non-hydrogen) atoms. The van der Waals surface area contributed by atoms with Crippen LogP contribution in [0.1, 0.15) is 111 Å². The minimum absolute atomic E-state index is 0.0983. The Balaban J connectivity index is 1.15. The Bertz CT molecular complexity index is 2060. The Hall–Kier alpha value is -5.24. The monoisotopic (exact) mass is 749 g/mol. The van der Waals surface area contributed by atoms with Crippen LogP contribution in [0.25, 0.3) is 5.57 Å². The number of halogens is 1. The summed E-state index contributed by atoms with van der Waals surface area (Å²) in [6, 6.07) is 20.8. The highest BCUT2D eigenvalue weighted by Crippen LogP contribution is 2.39. The van der Waals surface area contributed by atoms with Crippen LogP contribution in [0.5, 0.6) is 11.5 Å². The maximum Gasteiger partial charge on any atom is 0.249 e. The second-order valence-corrected chi connectivity index (χ2v) is 14.9. The van der Waals surface area contributed by atoms with Crippen LogP contribution >= 0.6 is 11.6 Å². The average Bonchev–Trinajstić information content (AvgIpc) is 3.13. The molecule has 1 saturated carbocycles. The number of hydroxylamine groups is 1. The van der Waals surface area contributed by atoms with E-state index >= 15 is 0 Å². The molecule has 0 spiro atoms. The summed E-state index contributed by atoms with van der Waals surface area (Å²) in [7, 11) is 1.45. The Kier molecular flexibility index (Phi) is 13.1. The molecule has 1 amide bonds. The SMILES string of the molecule is CC(=C1CCC1)c1cc(NC(=O)CCCCOc2c(Cl)cc(C(C)(C)c3ccc(OCc4ccnc(N(C)O)n4)cc3)cc2C#N)ccc1C(=O)C(C)C. The van der Waals surface area contributed by atoms with Crippen LogP contribution < -0.4 is 19.9 Å². The molecule has 1 aromatic heterocycles. The van der Waals surface area contributed by atoms with Gasteiger partial charge in [0.05, 0.1) is 22.9 Å². The average molecular weight is 750 g/mol. The summed E-state index contributed by atoms with van der Waals surface area (Å²) < 4.78 is 11.9. The van der Waals surface area contributed by atoms with E-state index in [2.05, 4.69) is 42.1 Å². The number of aromatic nitrogens is 2. The molecule has 1 aliphatic rings. The summed E-state index contributed by atoms with van der Waals surface area (Å²) in [4.78, 5) is 34.1. The van der Waals surface area contributed by atoms with E-state index < -0.39 is 5.41 Å². The lowest BCUT2D eigenvalue weighted by Crippen LogP contribution is -2.19. The van der Waals surface area contributed by atoms with Crippen molar-refractivity contribution in [2.24, 2.45) is 5.92 Å². The highest BCUT2D eigenvalue weighted by atomic mass is 35.5. The van der Waals surface area contributed by atoms with E-state index in [0.717, 1.165) is 40.2 Å². The lowest BCUT2D eigenvalue weighted by molar-refractivity contribution is -0.116. The predicted octanol–water partition coefficient (Wildman–Crippen LogP) is 9.72. The topological polar surface area (TPSA) is 138 Å². The maximum atomic E-state index is 12.9. The summed E-state index contributed by atoms with van der Waals surface area (Å²) in [6.45, 7) is 10.5. The number of anilines is 2. The number of ketones is 1. The minimum atomic E-state index is -0.495. The van der Waals surface area contributed by atoms with E-state index in [1.165, 1.54) is 19.0 Å². The van der Waals surface area contributed by atoms with Gasteiger partial charge < -0.3 is 14.8 Å². The zero-order valence-electron chi connectivity index (χ0n) is 31.8. The second-order valence-electron chi connectivity index (χ2n) is 14.5. The van der Waals surface area contributed by atoms with Gasteiger partial charge in [-0.2, -0.15) is 5.26 Å². The first-order chi connectivity index (χ1) is 25.8. The molecule has 1 heterocycles. The summed E-state index contributed by atoms with van der Waals surface area (Å²) in [5, 5.41) is 23.8. The third kappa shape index (κ3) is 9.64. The van der Waals surface area contributed by atoms with E-state index in [1.54, 1.807) is 24.4 Å². The highest BCUT2D eigenvalue weighted by Gasteiger charge is 2.26.